The first-order valence-corrected chi connectivity index (χ1v) is 2.71. The maximum atomic E-state index is 12.3. The molecule has 0 saturated carbocycles. The Labute approximate surface area is 53.5 Å². The molecule has 0 aromatic carbocycles. The zero-order chi connectivity index (χ0) is 6.85. The lowest BCUT2D eigenvalue weighted by Crippen LogP contribution is -1.87. The minimum Gasteiger partial charge on any atom is -0.225 e. The van der Waals surface area contributed by atoms with Crippen molar-refractivity contribution in [2.75, 3.05) is 0 Å². The van der Waals surface area contributed by atoms with Gasteiger partial charge in [-0.2, -0.15) is 4.39 Å². The molecule has 0 aliphatic carbocycles. The molecule has 0 bridgehead atoms. The van der Waals surface area contributed by atoms with Gasteiger partial charge < -0.3 is 0 Å². The molecule has 0 atom stereocenters. The first-order chi connectivity index (χ1) is 4.18. The Hall–Kier alpha value is -0.920. The minimum absolute atomic E-state index is 0.521. The molecule has 1 aromatic rings. The van der Waals surface area contributed by atoms with Gasteiger partial charge in [0.1, 0.15) is 0 Å². The lowest BCUT2D eigenvalue weighted by Gasteiger charge is -1.92. The van der Waals surface area contributed by atoms with Crippen molar-refractivity contribution in [3.8, 4) is 0 Å². The van der Waals surface area contributed by atoms with Crippen molar-refractivity contribution in [2.45, 2.75) is 13.8 Å². The fourth-order valence-corrected chi connectivity index (χ4v) is 0.727. The molecule has 1 radical (unpaired) electrons. The average molecular weight is 124 g/mol. The van der Waals surface area contributed by atoms with Crippen molar-refractivity contribution in [3.63, 3.8) is 0 Å². The predicted molar refractivity (Wildman–Crippen MR) is 32.5 cm³/mol. The molecule has 1 heterocycles. The van der Waals surface area contributed by atoms with Crippen LogP contribution in [0.25, 0.3) is 0 Å². The standard InChI is InChI=1S/C7H7FN/c1-5-3-6(2)9-7(8)4-5/h3H,1-2H3. The summed E-state index contributed by atoms with van der Waals surface area (Å²) in [5.41, 5.74) is 1.49. The summed E-state index contributed by atoms with van der Waals surface area (Å²) in [4.78, 5) is 3.51. The number of hydrogen-bond donors (Lipinski definition) is 0. The topological polar surface area (TPSA) is 12.9 Å². The van der Waals surface area contributed by atoms with Gasteiger partial charge in [0.2, 0.25) is 5.95 Å². The number of aromatic nitrogens is 1. The summed E-state index contributed by atoms with van der Waals surface area (Å²) in [5, 5.41) is 0. The van der Waals surface area contributed by atoms with E-state index < -0.39 is 5.95 Å². The Morgan fingerprint density at radius 3 is 2.67 bits per heavy atom. The van der Waals surface area contributed by atoms with Gasteiger partial charge >= 0.3 is 0 Å². The summed E-state index contributed by atoms with van der Waals surface area (Å²) < 4.78 is 12.3. The third kappa shape index (κ3) is 1.49. The van der Waals surface area contributed by atoms with Crippen LogP contribution in [0.15, 0.2) is 6.07 Å². The van der Waals surface area contributed by atoms with E-state index in [1.165, 1.54) is 0 Å². The van der Waals surface area contributed by atoms with Gasteiger partial charge in [-0.05, 0) is 25.5 Å². The zero-order valence-corrected chi connectivity index (χ0v) is 5.40. The van der Waals surface area contributed by atoms with Crippen LogP contribution >= 0.6 is 0 Å². The SMILES string of the molecule is Cc1[c]c(F)nc(C)c1. The van der Waals surface area contributed by atoms with Crippen LogP contribution < -0.4 is 0 Å². The molecule has 0 N–H and O–H groups in total. The maximum Gasteiger partial charge on any atom is 0.221 e. The fraction of sp³-hybridized carbons (Fsp3) is 0.286. The first-order valence-electron chi connectivity index (χ1n) is 2.71. The van der Waals surface area contributed by atoms with Crippen molar-refractivity contribution >= 4 is 0 Å². The Balaban J connectivity index is 3.17. The second-order valence-electron chi connectivity index (χ2n) is 2.00. The molecule has 1 rings (SSSR count). The summed E-state index contributed by atoms with van der Waals surface area (Å²) in [6.45, 7) is 3.54. The Morgan fingerprint density at radius 2 is 2.22 bits per heavy atom. The van der Waals surface area contributed by atoms with E-state index in [0.717, 1.165) is 5.56 Å². The molecule has 47 valence electrons. The van der Waals surface area contributed by atoms with Gasteiger partial charge in [0, 0.05) is 11.8 Å². The smallest absolute Gasteiger partial charge is 0.221 e. The number of rotatable bonds is 0. The number of nitrogens with zero attached hydrogens (tertiary/aromatic N) is 1. The lowest BCUT2D eigenvalue weighted by molar-refractivity contribution is 0.576. The maximum absolute atomic E-state index is 12.3. The molecule has 1 aromatic heterocycles. The van der Waals surface area contributed by atoms with Gasteiger partial charge in [0.05, 0.1) is 0 Å². The highest BCUT2D eigenvalue weighted by molar-refractivity contribution is 5.12. The van der Waals surface area contributed by atoms with Crippen LogP contribution in [0.1, 0.15) is 11.3 Å². The van der Waals surface area contributed by atoms with Gasteiger partial charge in [0.15, 0.2) is 0 Å². The van der Waals surface area contributed by atoms with E-state index >= 15 is 0 Å². The molecule has 0 saturated heterocycles. The summed E-state index contributed by atoms with van der Waals surface area (Å²) in [6, 6.07) is 4.21. The highest BCUT2D eigenvalue weighted by Gasteiger charge is 1.93. The fourth-order valence-electron chi connectivity index (χ4n) is 0.727. The molecule has 0 fully saturated rings. The van der Waals surface area contributed by atoms with E-state index in [4.69, 9.17) is 0 Å². The van der Waals surface area contributed by atoms with Crippen molar-refractivity contribution in [2.24, 2.45) is 0 Å². The molecule has 0 amide bonds. The van der Waals surface area contributed by atoms with Crippen LogP contribution in [-0.4, -0.2) is 4.98 Å². The number of halogens is 1. The van der Waals surface area contributed by atoms with E-state index in [1.807, 2.05) is 0 Å². The van der Waals surface area contributed by atoms with E-state index in [-0.39, 0.29) is 0 Å². The molecular formula is C7H7FN. The highest BCUT2D eigenvalue weighted by atomic mass is 19.1. The predicted octanol–water partition coefficient (Wildman–Crippen LogP) is 1.64. The monoisotopic (exact) mass is 124 g/mol. The summed E-state index contributed by atoms with van der Waals surface area (Å²) >= 11 is 0. The molecule has 0 aliphatic heterocycles. The van der Waals surface area contributed by atoms with Gasteiger partial charge in [-0.25, -0.2) is 4.98 Å². The van der Waals surface area contributed by atoms with Crippen LogP contribution in [0.3, 0.4) is 0 Å². The summed E-state index contributed by atoms with van der Waals surface area (Å²) in [6.07, 6.45) is 0. The van der Waals surface area contributed by atoms with E-state index in [9.17, 15) is 4.39 Å². The van der Waals surface area contributed by atoms with Crippen molar-refractivity contribution in [1.29, 1.82) is 0 Å². The molecule has 0 aliphatic rings. The quantitative estimate of drug-likeness (QED) is 0.479. The number of pyridine rings is 1. The largest absolute Gasteiger partial charge is 0.225 e. The number of aryl methyl sites for hydroxylation is 2. The highest BCUT2D eigenvalue weighted by Crippen LogP contribution is 2.00. The second kappa shape index (κ2) is 2.13. The van der Waals surface area contributed by atoms with Gasteiger partial charge in [-0.1, -0.05) is 0 Å². The molecule has 0 unspecified atom stereocenters. The Bertz CT molecular complexity index is 170. The van der Waals surface area contributed by atoms with Gasteiger partial charge in [-0.15, -0.1) is 0 Å². The van der Waals surface area contributed by atoms with Crippen molar-refractivity contribution < 1.29 is 4.39 Å². The molecule has 2 heteroatoms. The van der Waals surface area contributed by atoms with Crippen molar-refractivity contribution in [3.05, 3.63) is 29.3 Å². The van der Waals surface area contributed by atoms with Gasteiger partial charge in [0.25, 0.3) is 0 Å². The third-order valence-electron chi connectivity index (χ3n) is 1.00. The second-order valence-corrected chi connectivity index (χ2v) is 2.00. The van der Waals surface area contributed by atoms with Crippen molar-refractivity contribution in [1.82, 2.24) is 4.98 Å². The summed E-state index contributed by atoms with van der Waals surface area (Å²) in [5.74, 6) is -0.521. The van der Waals surface area contributed by atoms with Crippen LogP contribution in [-0.2, 0) is 0 Å². The van der Waals surface area contributed by atoms with Crippen LogP contribution in [0.2, 0.25) is 0 Å². The minimum atomic E-state index is -0.521. The molecule has 1 nitrogen and oxygen atoms in total. The molecule has 9 heavy (non-hydrogen) atoms. The van der Waals surface area contributed by atoms with E-state index in [2.05, 4.69) is 11.1 Å². The van der Waals surface area contributed by atoms with Crippen LogP contribution in [0, 0.1) is 25.9 Å². The molecular weight excluding hydrogens is 117 g/mol. The Kier molecular flexibility index (Phi) is 1.47. The zero-order valence-electron chi connectivity index (χ0n) is 5.40. The normalized spacial score (nSPS) is 9.67. The Morgan fingerprint density at radius 1 is 1.56 bits per heavy atom. The lowest BCUT2D eigenvalue weighted by atomic mass is 10.2. The average Bonchev–Trinajstić information content (AvgIpc) is 1.59. The summed E-state index contributed by atoms with van der Waals surface area (Å²) in [7, 11) is 0. The molecule has 0 spiro atoms. The van der Waals surface area contributed by atoms with Crippen LogP contribution in [0.4, 0.5) is 4.39 Å². The third-order valence-corrected chi connectivity index (χ3v) is 1.00. The van der Waals surface area contributed by atoms with E-state index in [1.54, 1.807) is 19.9 Å². The van der Waals surface area contributed by atoms with Gasteiger partial charge in [-0.3, -0.25) is 0 Å². The van der Waals surface area contributed by atoms with Crippen LogP contribution in [0.5, 0.6) is 0 Å². The number of hydrogen-bond acceptors (Lipinski definition) is 1. The van der Waals surface area contributed by atoms with E-state index in [0.29, 0.717) is 5.69 Å². The first kappa shape index (κ1) is 6.20.